The van der Waals surface area contributed by atoms with Gasteiger partial charge in [-0.1, -0.05) is 0 Å². The van der Waals surface area contributed by atoms with Crippen LogP contribution in [0, 0.1) is 18.6 Å². The Hall–Kier alpha value is -1.49. The van der Waals surface area contributed by atoms with Crippen molar-refractivity contribution in [3.8, 4) is 0 Å². The fourth-order valence-electron chi connectivity index (χ4n) is 2.26. The van der Waals surface area contributed by atoms with Crippen LogP contribution in [0.2, 0.25) is 0 Å². The predicted molar refractivity (Wildman–Crippen MR) is 57.6 cm³/mol. The second-order valence-electron chi connectivity index (χ2n) is 4.58. The number of carbonyl (C=O) groups is 1. The fraction of sp³-hybridized carbons (Fsp3) is 0.417. The summed E-state index contributed by atoms with van der Waals surface area (Å²) >= 11 is 0. The van der Waals surface area contributed by atoms with E-state index in [-0.39, 0.29) is 5.56 Å². The molecule has 0 saturated heterocycles. The van der Waals surface area contributed by atoms with Gasteiger partial charge in [0.25, 0.3) is 0 Å². The zero-order valence-electron chi connectivity index (χ0n) is 9.34. The molecule has 1 aromatic rings. The Morgan fingerprint density at radius 2 is 1.88 bits per heavy atom. The molecular formula is C12H13F2NO2. The molecule has 1 fully saturated rings. The molecule has 3 nitrogen and oxygen atoms in total. The van der Waals surface area contributed by atoms with E-state index in [0.717, 1.165) is 0 Å². The van der Waals surface area contributed by atoms with Crippen molar-refractivity contribution in [2.75, 3.05) is 0 Å². The van der Waals surface area contributed by atoms with E-state index < -0.39 is 29.1 Å². The number of aryl methyl sites for hydroxylation is 1. The molecule has 1 aliphatic rings. The molecule has 1 aliphatic carbocycles. The van der Waals surface area contributed by atoms with Crippen molar-refractivity contribution in [2.45, 2.75) is 31.2 Å². The smallest absolute Gasteiger partial charge is 0.321 e. The normalized spacial score (nSPS) is 18.8. The minimum atomic E-state index is -1.27. The molecule has 0 spiro atoms. The number of halogens is 2. The Morgan fingerprint density at radius 3 is 2.24 bits per heavy atom. The van der Waals surface area contributed by atoms with Crippen LogP contribution in [-0.4, -0.2) is 17.1 Å². The van der Waals surface area contributed by atoms with Gasteiger partial charge in [0.1, 0.15) is 17.7 Å². The van der Waals surface area contributed by atoms with Crippen molar-refractivity contribution in [1.29, 1.82) is 0 Å². The largest absolute Gasteiger partial charge is 0.480 e. The Morgan fingerprint density at radius 1 is 1.41 bits per heavy atom. The number of rotatable bonds is 3. The van der Waals surface area contributed by atoms with Gasteiger partial charge in [-0.05, 0) is 37.5 Å². The van der Waals surface area contributed by atoms with E-state index in [1.807, 2.05) is 0 Å². The Balaban J connectivity index is 2.51. The summed E-state index contributed by atoms with van der Waals surface area (Å²) in [5.74, 6) is -2.66. The minimum Gasteiger partial charge on any atom is -0.480 e. The van der Waals surface area contributed by atoms with Crippen LogP contribution in [0.1, 0.15) is 24.0 Å². The van der Waals surface area contributed by atoms with Crippen molar-refractivity contribution < 1.29 is 18.7 Å². The van der Waals surface area contributed by atoms with Crippen molar-refractivity contribution in [1.82, 2.24) is 0 Å². The molecule has 0 aliphatic heterocycles. The van der Waals surface area contributed by atoms with Gasteiger partial charge in [-0.25, -0.2) is 8.78 Å². The summed E-state index contributed by atoms with van der Waals surface area (Å²) in [6, 6.07) is 1.13. The molecule has 1 saturated carbocycles. The van der Waals surface area contributed by atoms with Gasteiger partial charge in [0.15, 0.2) is 0 Å². The summed E-state index contributed by atoms with van der Waals surface area (Å²) in [7, 11) is 0. The van der Waals surface area contributed by atoms with E-state index in [2.05, 4.69) is 0 Å². The van der Waals surface area contributed by atoms with Gasteiger partial charge in [-0.3, -0.25) is 4.79 Å². The van der Waals surface area contributed by atoms with E-state index in [0.29, 0.717) is 18.4 Å². The molecule has 0 heterocycles. The molecule has 92 valence electrons. The summed E-state index contributed by atoms with van der Waals surface area (Å²) in [5, 5.41) is 8.89. The SMILES string of the molecule is Cc1cc(F)c(C2(C(N)C(=O)O)CC2)c(F)c1. The molecular weight excluding hydrogens is 228 g/mol. The van der Waals surface area contributed by atoms with Crippen LogP contribution in [0.5, 0.6) is 0 Å². The van der Waals surface area contributed by atoms with Crippen LogP contribution < -0.4 is 5.73 Å². The fourth-order valence-corrected chi connectivity index (χ4v) is 2.26. The summed E-state index contributed by atoms with van der Waals surface area (Å²) in [5.41, 5.74) is 4.74. The lowest BCUT2D eigenvalue weighted by atomic mass is 9.87. The van der Waals surface area contributed by atoms with Gasteiger partial charge < -0.3 is 10.8 Å². The molecule has 3 N–H and O–H groups in total. The number of hydrogen-bond acceptors (Lipinski definition) is 2. The summed E-state index contributed by atoms with van der Waals surface area (Å²) in [4.78, 5) is 10.9. The molecule has 0 bridgehead atoms. The van der Waals surface area contributed by atoms with Crippen LogP contribution in [-0.2, 0) is 10.2 Å². The molecule has 1 atom stereocenters. The molecule has 0 amide bonds. The van der Waals surface area contributed by atoms with E-state index in [9.17, 15) is 13.6 Å². The average Bonchev–Trinajstić information content (AvgIpc) is 2.96. The highest BCUT2D eigenvalue weighted by Crippen LogP contribution is 2.52. The maximum Gasteiger partial charge on any atom is 0.321 e. The third-order valence-electron chi connectivity index (χ3n) is 3.33. The number of carboxylic acid groups (broad SMARTS) is 1. The monoisotopic (exact) mass is 241 g/mol. The first kappa shape index (κ1) is 12.0. The Labute approximate surface area is 97.2 Å². The average molecular weight is 241 g/mol. The van der Waals surface area contributed by atoms with Gasteiger partial charge in [0.05, 0.1) is 0 Å². The summed E-state index contributed by atoms with van der Waals surface area (Å²) < 4.78 is 27.6. The quantitative estimate of drug-likeness (QED) is 0.846. The van der Waals surface area contributed by atoms with Crippen molar-refractivity contribution in [3.63, 3.8) is 0 Å². The third kappa shape index (κ3) is 1.80. The van der Waals surface area contributed by atoms with Crippen LogP contribution in [0.15, 0.2) is 12.1 Å². The molecule has 5 heteroatoms. The van der Waals surface area contributed by atoms with Crippen molar-refractivity contribution in [3.05, 3.63) is 34.9 Å². The number of benzene rings is 1. The van der Waals surface area contributed by atoms with Gasteiger partial charge >= 0.3 is 5.97 Å². The highest BCUT2D eigenvalue weighted by atomic mass is 19.1. The van der Waals surface area contributed by atoms with E-state index >= 15 is 0 Å². The lowest BCUT2D eigenvalue weighted by Gasteiger charge is -2.21. The molecule has 1 aromatic carbocycles. The zero-order valence-corrected chi connectivity index (χ0v) is 9.34. The van der Waals surface area contributed by atoms with E-state index in [1.165, 1.54) is 12.1 Å². The van der Waals surface area contributed by atoms with Gasteiger partial charge in [0.2, 0.25) is 0 Å². The van der Waals surface area contributed by atoms with Gasteiger partial charge in [-0.15, -0.1) is 0 Å². The van der Waals surface area contributed by atoms with Gasteiger partial charge in [-0.2, -0.15) is 0 Å². The maximum absolute atomic E-state index is 13.8. The molecule has 2 rings (SSSR count). The maximum atomic E-state index is 13.8. The van der Waals surface area contributed by atoms with Crippen LogP contribution in [0.25, 0.3) is 0 Å². The predicted octanol–water partition coefficient (Wildman–Crippen LogP) is 1.72. The Bertz CT molecular complexity index is 460. The standard InChI is InChI=1S/C12H13F2NO2/c1-6-4-7(13)9(8(14)5-6)12(2-3-12)10(15)11(16)17/h4-5,10H,2-3,15H2,1H3,(H,16,17). The lowest BCUT2D eigenvalue weighted by molar-refractivity contribution is -0.139. The highest BCUT2D eigenvalue weighted by Gasteiger charge is 2.55. The van der Waals surface area contributed by atoms with Crippen molar-refractivity contribution >= 4 is 5.97 Å². The first-order valence-corrected chi connectivity index (χ1v) is 5.33. The summed E-state index contributed by atoms with van der Waals surface area (Å²) in [6.07, 6.45) is 0.800. The molecule has 0 radical (unpaired) electrons. The molecule has 0 aromatic heterocycles. The number of carboxylic acids is 1. The van der Waals surface area contributed by atoms with E-state index in [4.69, 9.17) is 10.8 Å². The van der Waals surface area contributed by atoms with Crippen LogP contribution in [0.4, 0.5) is 8.78 Å². The lowest BCUT2D eigenvalue weighted by Crippen LogP contribution is -2.42. The summed E-state index contributed by atoms with van der Waals surface area (Å²) in [6.45, 7) is 1.58. The topological polar surface area (TPSA) is 63.3 Å². The van der Waals surface area contributed by atoms with Crippen molar-refractivity contribution in [2.24, 2.45) is 5.73 Å². The second-order valence-corrected chi connectivity index (χ2v) is 4.58. The van der Waals surface area contributed by atoms with Crippen LogP contribution in [0.3, 0.4) is 0 Å². The highest BCUT2D eigenvalue weighted by molar-refractivity contribution is 5.77. The van der Waals surface area contributed by atoms with E-state index in [1.54, 1.807) is 6.92 Å². The van der Waals surface area contributed by atoms with Gasteiger partial charge in [0, 0.05) is 11.0 Å². The van der Waals surface area contributed by atoms with Crippen LogP contribution >= 0.6 is 0 Å². The second kappa shape index (κ2) is 3.77. The number of hydrogen-bond donors (Lipinski definition) is 2. The number of aliphatic carboxylic acids is 1. The Kier molecular flexibility index (Phi) is 2.66. The first-order chi connectivity index (χ1) is 7.88. The zero-order chi connectivity index (χ0) is 12.8. The molecule has 1 unspecified atom stereocenters. The third-order valence-corrected chi connectivity index (χ3v) is 3.33. The number of nitrogens with two attached hydrogens (primary N) is 1. The first-order valence-electron chi connectivity index (χ1n) is 5.33. The molecule has 17 heavy (non-hydrogen) atoms. The minimum absolute atomic E-state index is 0.182.